The highest BCUT2D eigenvalue weighted by Gasteiger charge is 2.14. The summed E-state index contributed by atoms with van der Waals surface area (Å²) in [4.78, 5) is 13.4. The number of pyridine rings is 1. The number of nitrogens with zero attached hydrogens (tertiary/aromatic N) is 3. The molecule has 0 spiro atoms. The number of para-hydroxylation sites is 1. The molecule has 21 heavy (non-hydrogen) atoms. The van der Waals surface area contributed by atoms with Gasteiger partial charge < -0.3 is 4.74 Å². The molecule has 0 atom stereocenters. The Morgan fingerprint density at radius 1 is 1.19 bits per heavy atom. The Morgan fingerprint density at radius 2 is 2.00 bits per heavy atom. The highest BCUT2D eigenvalue weighted by atomic mass is 127. The Kier molecular flexibility index (Phi) is 4.32. The van der Waals surface area contributed by atoms with Gasteiger partial charge in [0.1, 0.15) is 5.15 Å². The maximum Gasteiger partial charge on any atom is 0.163 e. The van der Waals surface area contributed by atoms with Crippen LogP contribution >= 0.6 is 34.2 Å². The van der Waals surface area contributed by atoms with Crippen LogP contribution < -0.4 is 0 Å². The van der Waals surface area contributed by atoms with Gasteiger partial charge in [0.05, 0.1) is 21.4 Å². The van der Waals surface area contributed by atoms with Gasteiger partial charge in [-0.05, 0) is 34.7 Å². The van der Waals surface area contributed by atoms with Crippen LogP contribution in [0, 0.1) is 3.57 Å². The van der Waals surface area contributed by atoms with Crippen molar-refractivity contribution in [2.45, 2.75) is 6.61 Å². The lowest BCUT2D eigenvalue weighted by atomic mass is 10.1. The zero-order valence-corrected chi connectivity index (χ0v) is 14.1. The lowest BCUT2D eigenvalue weighted by molar-refractivity contribution is 0.181. The van der Waals surface area contributed by atoms with Gasteiger partial charge in [0.25, 0.3) is 0 Å². The van der Waals surface area contributed by atoms with E-state index in [1.807, 2.05) is 30.3 Å². The van der Waals surface area contributed by atoms with Crippen LogP contribution in [0.4, 0.5) is 0 Å². The molecule has 0 aliphatic rings. The lowest BCUT2D eigenvalue weighted by Gasteiger charge is -2.09. The average Bonchev–Trinajstić information content (AvgIpc) is 2.51. The van der Waals surface area contributed by atoms with Gasteiger partial charge in [-0.15, -0.1) is 0 Å². The molecule has 3 aromatic rings. The maximum absolute atomic E-state index is 6.22. The van der Waals surface area contributed by atoms with E-state index in [0.717, 1.165) is 25.7 Å². The molecule has 0 bridgehead atoms. The SMILES string of the molecule is COCc1nc(-c2cccc3cccnc23)nc(Cl)c1I. The van der Waals surface area contributed by atoms with Crippen LogP contribution in [0.3, 0.4) is 0 Å². The Hall–Kier alpha value is -1.31. The minimum atomic E-state index is 0.395. The first-order valence-corrected chi connectivity index (χ1v) is 7.71. The van der Waals surface area contributed by atoms with Gasteiger partial charge in [0.15, 0.2) is 5.82 Å². The quantitative estimate of drug-likeness (QED) is 0.481. The van der Waals surface area contributed by atoms with Gasteiger partial charge in [-0.3, -0.25) is 4.98 Å². The van der Waals surface area contributed by atoms with Crippen LogP contribution in [0.1, 0.15) is 5.69 Å². The molecule has 0 saturated heterocycles. The van der Waals surface area contributed by atoms with Crippen LogP contribution in [-0.4, -0.2) is 22.1 Å². The van der Waals surface area contributed by atoms with Crippen molar-refractivity contribution in [1.29, 1.82) is 0 Å². The van der Waals surface area contributed by atoms with Crippen LogP contribution in [0.2, 0.25) is 5.15 Å². The predicted molar refractivity (Wildman–Crippen MR) is 91.2 cm³/mol. The van der Waals surface area contributed by atoms with E-state index < -0.39 is 0 Å². The van der Waals surface area contributed by atoms with Crippen LogP contribution in [0.25, 0.3) is 22.3 Å². The fraction of sp³-hybridized carbons (Fsp3) is 0.133. The number of hydrogen-bond acceptors (Lipinski definition) is 4. The third-order valence-electron chi connectivity index (χ3n) is 3.03. The van der Waals surface area contributed by atoms with Crippen molar-refractivity contribution in [1.82, 2.24) is 15.0 Å². The van der Waals surface area contributed by atoms with Gasteiger partial charge in [-0.25, -0.2) is 9.97 Å². The summed E-state index contributed by atoms with van der Waals surface area (Å²) in [7, 11) is 1.63. The van der Waals surface area contributed by atoms with Crippen molar-refractivity contribution in [3.05, 3.63) is 50.9 Å². The second-order valence-electron chi connectivity index (χ2n) is 4.41. The molecule has 0 aliphatic heterocycles. The summed E-state index contributed by atoms with van der Waals surface area (Å²) in [6, 6.07) is 9.84. The second-order valence-corrected chi connectivity index (χ2v) is 5.85. The van der Waals surface area contributed by atoms with Crippen molar-refractivity contribution in [2.24, 2.45) is 0 Å². The van der Waals surface area contributed by atoms with E-state index in [1.165, 1.54) is 0 Å². The van der Waals surface area contributed by atoms with Crippen molar-refractivity contribution >= 4 is 45.1 Å². The number of hydrogen-bond donors (Lipinski definition) is 0. The minimum absolute atomic E-state index is 0.395. The number of ether oxygens (including phenoxy) is 1. The summed E-state index contributed by atoms with van der Waals surface area (Å²) in [5.41, 5.74) is 2.51. The molecular formula is C15H11ClIN3O. The summed E-state index contributed by atoms with van der Waals surface area (Å²) in [5, 5.41) is 1.47. The van der Waals surface area contributed by atoms with E-state index in [2.05, 4.69) is 37.5 Å². The zero-order chi connectivity index (χ0) is 14.8. The second kappa shape index (κ2) is 6.21. The molecule has 0 N–H and O–H groups in total. The van der Waals surface area contributed by atoms with E-state index in [9.17, 15) is 0 Å². The number of aromatic nitrogens is 3. The molecule has 0 aliphatic carbocycles. The van der Waals surface area contributed by atoms with E-state index >= 15 is 0 Å². The average molecular weight is 412 g/mol. The molecule has 4 nitrogen and oxygen atoms in total. The summed E-state index contributed by atoms with van der Waals surface area (Å²) in [6.07, 6.45) is 1.76. The molecule has 0 radical (unpaired) electrons. The van der Waals surface area contributed by atoms with Gasteiger partial charge in [0, 0.05) is 24.3 Å². The molecule has 0 saturated carbocycles. The van der Waals surface area contributed by atoms with Gasteiger partial charge in [-0.1, -0.05) is 29.8 Å². The predicted octanol–water partition coefficient (Wildman–Crippen LogP) is 4.10. The first-order chi connectivity index (χ1) is 10.2. The minimum Gasteiger partial charge on any atom is -0.378 e. The zero-order valence-electron chi connectivity index (χ0n) is 11.2. The molecule has 0 amide bonds. The van der Waals surface area contributed by atoms with E-state index in [-0.39, 0.29) is 0 Å². The summed E-state index contributed by atoms with van der Waals surface area (Å²) in [5.74, 6) is 0.566. The van der Waals surface area contributed by atoms with Gasteiger partial charge in [0.2, 0.25) is 0 Å². The molecule has 2 heterocycles. The van der Waals surface area contributed by atoms with E-state index in [1.54, 1.807) is 13.3 Å². The Balaban J connectivity index is 2.23. The molecule has 2 aromatic heterocycles. The highest BCUT2D eigenvalue weighted by Crippen LogP contribution is 2.28. The molecular weight excluding hydrogens is 401 g/mol. The fourth-order valence-electron chi connectivity index (χ4n) is 2.10. The Labute approximate surface area is 140 Å². The van der Waals surface area contributed by atoms with Gasteiger partial charge in [-0.2, -0.15) is 0 Å². The third-order valence-corrected chi connectivity index (χ3v) is 4.76. The number of benzene rings is 1. The first-order valence-electron chi connectivity index (χ1n) is 6.25. The number of rotatable bonds is 3. The monoisotopic (exact) mass is 411 g/mol. The Bertz CT molecular complexity index is 805. The smallest absolute Gasteiger partial charge is 0.163 e. The normalized spacial score (nSPS) is 11.0. The highest BCUT2D eigenvalue weighted by molar-refractivity contribution is 14.1. The molecule has 106 valence electrons. The molecule has 3 rings (SSSR count). The lowest BCUT2D eigenvalue weighted by Crippen LogP contribution is -2.02. The van der Waals surface area contributed by atoms with Crippen molar-refractivity contribution in [3.8, 4) is 11.4 Å². The molecule has 1 aromatic carbocycles. The largest absolute Gasteiger partial charge is 0.378 e. The Morgan fingerprint density at radius 3 is 2.81 bits per heavy atom. The number of halogens is 2. The van der Waals surface area contributed by atoms with Crippen molar-refractivity contribution in [3.63, 3.8) is 0 Å². The molecule has 0 fully saturated rings. The van der Waals surface area contributed by atoms with Crippen LogP contribution in [-0.2, 0) is 11.3 Å². The topological polar surface area (TPSA) is 47.9 Å². The first kappa shape index (κ1) is 14.6. The summed E-state index contributed by atoms with van der Waals surface area (Å²) >= 11 is 8.35. The van der Waals surface area contributed by atoms with Crippen LogP contribution in [0.5, 0.6) is 0 Å². The van der Waals surface area contributed by atoms with E-state index in [4.69, 9.17) is 16.3 Å². The van der Waals surface area contributed by atoms with Gasteiger partial charge >= 0.3 is 0 Å². The molecule has 6 heteroatoms. The van der Waals surface area contributed by atoms with Crippen LogP contribution in [0.15, 0.2) is 36.5 Å². The number of methoxy groups -OCH3 is 1. The van der Waals surface area contributed by atoms with Crippen molar-refractivity contribution < 1.29 is 4.74 Å². The van der Waals surface area contributed by atoms with E-state index in [0.29, 0.717) is 17.6 Å². The summed E-state index contributed by atoms with van der Waals surface area (Å²) in [6.45, 7) is 0.395. The maximum atomic E-state index is 6.22. The standard InChI is InChI=1S/C15H11ClIN3O/c1-21-8-11-12(17)14(16)20-15(19-11)10-6-2-4-9-5-3-7-18-13(9)10/h2-7H,8H2,1H3. The summed E-state index contributed by atoms with van der Waals surface area (Å²) < 4.78 is 5.99. The van der Waals surface area contributed by atoms with Crippen molar-refractivity contribution in [2.75, 3.05) is 7.11 Å². The number of fused-ring (bicyclic) bond motifs is 1. The molecule has 0 unspecified atom stereocenters. The third kappa shape index (κ3) is 2.86. The fourth-order valence-corrected chi connectivity index (χ4v) is 2.69.